The molecule has 0 saturated carbocycles. The average Bonchev–Trinajstić information content (AvgIpc) is 3.58. The average molecular weight is 499 g/mol. The third-order valence-corrected chi connectivity index (χ3v) is 5.95. The van der Waals surface area contributed by atoms with E-state index < -0.39 is 23.7 Å². The van der Waals surface area contributed by atoms with Gasteiger partial charge in [0.25, 0.3) is 0 Å². The van der Waals surface area contributed by atoms with Gasteiger partial charge in [-0.05, 0) is 66.6 Å². The molecule has 0 aliphatic heterocycles. The monoisotopic (exact) mass is 498 g/mol. The standard InChI is InChI=1S/C27H23FN6O3/c1-18-8-9-20(15-22(18)28)34(25(35)17-33-24-7-3-2-6-23(24)31-32-33)26(19-10-12-29-13-11-19)27(36)30-16-21-5-4-14-37-21/h2-15,26H,16-17H2,1H3,(H,30,36)/t26-/m1/s1. The first-order valence-corrected chi connectivity index (χ1v) is 11.6. The van der Waals surface area contributed by atoms with E-state index in [-0.39, 0.29) is 18.8 Å². The molecule has 186 valence electrons. The summed E-state index contributed by atoms with van der Waals surface area (Å²) in [5.74, 6) is -0.893. The Morgan fingerprint density at radius 2 is 1.89 bits per heavy atom. The number of aryl methyl sites for hydroxylation is 1. The number of hydrogen-bond donors (Lipinski definition) is 1. The molecule has 9 nitrogen and oxygen atoms in total. The van der Waals surface area contributed by atoms with Crippen molar-refractivity contribution in [3.63, 3.8) is 0 Å². The second-order valence-electron chi connectivity index (χ2n) is 8.41. The van der Waals surface area contributed by atoms with Crippen molar-refractivity contribution in [1.29, 1.82) is 0 Å². The zero-order chi connectivity index (χ0) is 25.8. The van der Waals surface area contributed by atoms with Crippen molar-refractivity contribution in [2.24, 2.45) is 0 Å². The van der Waals surface area contributed by atoms with E-state index >= 15 is 0 Å². The van der Waals surface area contributed by atoms with Crippen LogP contribution in [-0.4, -0.2) is 31.8 Å². The van der Waals surface area contributed by atoms with Crippen LogP contribution in [0.1, 0.15) is 22.9 Å². The Hall–Kier alpha value is -4.86. The topological polar surface area (TPSA) is 106 Å². The predicted octanol–water partition coefficient (Wildman–Crippen LogP) is 3.96. The quantitative estimate of drug-likeness (QED) is 0.347. The van der Waals surface area contributed by atoms with Gasteiger partial charge >= 0.3 is 0 Å². The first-order valence-electron chi connectivity index (χ1n) is 11.6. The number of nitrogens with zero attached hydrogens (tertiary/aromatic N) is 5. The molecule has 5 rings (SSSR count). The molecule has 37 heavy (non-hydrogen) atoms. The number of para-hydroxylation sites is 1. The van der Waals surface area contributed by atoms with Crippen LogP contribution in [0, 0.1) is 12.7 Å². The van der Waals surface area contributed by atoms with Crippen LogP contribution in [-0.2, 0) is 22.7 Å². The minimum Gasteiger partial charge on any atom is -0.467 e. The number of fused-ring (bicyclic) bond motifs is 1. The van der Waals surface area contributed by atoms with Crippen molar-refractivity contribution in [3.8, 4) is 0 Å². The Kier molecular flexibility index (Phi) is 6.71. The fraction of sp³-hybridized carbons (Fsp3) is 0.148. The van der Waals surface area contributed by atoms with Gasteiger partial charge < -0.3 is 9.73 Å². The first kappa shape index (κ1) is 23.9. The maximum atomic E-state index is 14.7. The van der Waals surface area contributed by atoms with Crippen LogP contribution < -0.4 is 10.2 Å². The van der Waals surface area contributed by atoms with Crippen molar-refractivity contribution in [3.05, 3.63) is 108 Å². The van der Waals surface area contributed by atoms with E-state index in [0.29, 0.717) is 27.9 Å². The van der Waals surface area contributed by atoms with Gasteiger partial charge in [0, 0.05) is 18.1 Å². The van der Waals surface area contributed by atoms with Crippen molar-refractivity contribution in [1.82, 2.24) is 25.3 Å². The van der Waals surface area contributed by atoms with Gasteiger partial charge in [-0.25, -0.2) is 9.07 Å². The van der Waals surface area contributed by atoms with Crippen molar-refractivity contribution >= 4 is 28.5 Å². The van der Waals surface area contributed by atoms with Crippen LogP contribution in [0.4, 0.5) is 10.1 Å². The molecule has 10 heteroatoms. The summed E-state index contributed by atoms with van der Waals surface area (Å²) in [6.07, 6.45) is 4.58. The Morgan fingerprint density at radius 3 is 2.65 bits per heavy atom. The minimum absolute atomic E-state index is 0.116. The summed E-state index contributed by atoms with van der Waals surface area (Å²) in [5.41, 5.74) is 2.44. The van der Waals surface area contributed by atoms with E-state index in [4.69, 9.17) is 4.42 Å². The Balaban J connectivity index is 1.56. The first-order chi connectivity index (χ1) is 18.0. The summed E-state index contributed by atoms with van der Waals surface area (Å²) in [4.78, 5) is 32.9. The number of hydrogen-bond acceptors (Lipinski definition) is 6. The zero-order valence-electron chi connectivity index (χ0n) is 19.9. The van der Waals surface area contributed by atoms with Crippen LogP contribution in [0.5, 0.6) is 0 Å². The molecule has 0 radical (unpaired) electrons. The molecule has 0 saturated heterocycles. The van der Waals surface area contributed by atoms with Crippen molar-refractivity contribution in [2.45, 2.75) is 26.1 Å². The third-order valence-electron chi connectivity index (χ3n) is 5.95. The zero-order valence-corrected chi connectivity index (χ0v) is 19.9. The van der Waals surface area contributed by atoms with Crippen LogP contribution in [0.3, 0.4) is 0 Å². The highest BCUT2D eigenvalue weighted by atomic mass is 19.1. The lowest BCUT2D eigenvalue weighted by atomic mass is 10.0. The number of aromatic nitrogens is 4. The molecule has 2 aromatic carbocycles. The normalized spacial score (nSPS) is 11.8. The number of pyridine rings is 1. The molecule has 0 unspecified atom stereocenters. The van der Waals surface area contributed by atoms with Gasteiger partial charge in [0.2, 0.25) is 11.8 Å². The van der Waals surface area contributed by atoms with E-state index in [9.17, 15) is 14.0 Å². The van der Waals surface area contributed by atoms with Crippen LogP contribution in [0.25, 0.3) is 11.0 Å². The summed E-state index contributed by atoms with van der Waals surface area (Å²) in [7, 11) is 0. The molecule has 3 heterocycles. The lowest BCUT2D eigenvalue weighted by molar-refractivity contribution is -0.127. The van der Waals surface area contributed by atoms with Crippen LogP contribution in [0.15, 0.2) is 89.8 Å². The van der Waals surface area contributed by atoms with Gasteiger partial charge in [0.15, 0.2) is 0 Å². The fourth-order valence-corrected chi connectivity index (χ4v) is 4.05. The van der Waals surface area contributed by atoms with Crippen molar-refractivity contribution in [2.75, 3.05) is 4.90 Å². The van der Waals surface area contributed by atoms with Gasteiger partial charge in [0.05, 0.1) is 18.3 Å². The summed E-state index contributed by atoms with van der Waals surface area (Å²) >= 11 is 0. The number of rotatable bonds is 8. The number of halogens is 1. The third kappa shape index (κ3) is 5.08. The molecule has 2 amide bonds. The Labute approximate surface area is 211 Å². The largest absolute Gasteiger partial charge is 0.467 e. The summed E-state index contributed by atoms with van der Waals surface area (Å²) in [6, 6.07) is 17.3. The highest BCUT2D eigenvalue weighted by Gasteiger charge is 2.33. The van der Waals surface area contributed by atoms with Gasteiger partial charge in [-0.3, -0.25) is 19.5 Å². The van der Waals surface area contributed by atoms with Crippen LogP contribution >= 0.6 is 0 Å². The highest BCUT2D eigenvalue weighted by molar-refractivity contribution is 6.01. The summed E-state index contributed by atoms with van der Waals surface area (Å²) in [6.45, 7) is 1.53. The minimum atomic E-state index is -1.12. The lowest BCUT2D eigenvalue weighted by Gasteiger charge is -2.31. The molecule has 0 bridgehead atoms. The molecular weight excluding hydrogens is 475 g/mol. The fourth-order valence-electron chi connectivity index (χ4n) is 4.05. The molecule has 0 aliphatic rings. The lowest BCUT2D eigenvalue weighted by Crippen LogP contribution is -2.45. The summed E-state index contributed by atoms with van der Waals surface area (Å²) < 4.78 is 21.5. The van der Waals surface area contributed by atoms with Crippen molar-refractivity contribution < 1.29 is 18.4 Å². The molecule has 1 N–H and O–H groups in total. The number of carbonyl (C=O) groups excluding carboxylic acids is 2. The van der Waals surface area contributed by atoms with E-state index in [2.05, 4.69) is 20.6 Å². The van der Waals surface area contributed by atoms with Gasteiger partial charge in [-0.15, -0.1) is 5.10 Å². The second kappa shape index (κ2) is 10.4. The SMILES string of the molecule is Cc1ccc(N(C(=O)Cn2nnc3ccccc32)[C@@H](C(=O)NCc2ccco2)c2ccncc2)cc1F. The second-order valence-corrected chi connectivity index (χ2v) is 8.41. The Morgan fingerprint density at radius 1 is 1.08 bits per heavy atom. The number of nitrogens with one attached hydrogen (secondary N) is 1. The molecule has 0 spiro atoms. The number of amides is 2. The molecule has 3 aromatic heterocycles. The maximum absolute atomic E-state index is 14.7. The van der Waals surface area contributed by atoms with Gasteiger partial charge in [0.1, 0.15) is 29.7 Å². The number of anilines is 1. The van der Waals surface area contributed by atoms with Gasteiger partial charge in [-0.1, -0.05) is 23.4 Å². The smallest absolute Gasteiger partial charge is 0.249 e. The van der Waals surface area contributed by atoms with Gasteiger partial charge in [-0.2, -0.15) is 0 Å². The number of benzene rings is 2. The predicted molar refractivity (Wildman–Crippen MR) is 134 cm³/mol. The van der Waals surface area contributed by atoms with E-state index in [1.807, 2.05) is 12.1 Å². The Bertz CT molecular complexity index is 1530. The van der Waals surface area contributed by atoms with E-state index in [1.165, 1.54) is 34.3 Å². The molecule has 5 aromatic rings. The van der Waals surface area contributed by atoms with Crippen LogP contribution in [0.2, 0.25) is 0 Å². The molecule has 0 fully saturated rings. The molecule has 0 aliphatic carbocycles. The highest BCUT2D eigenvalue weighted by Crippen LogP contribution is 2.30. The maximum Gasteiger partial charge on any atom is 0.249 e. The molecule has 1 atom stereocenters. The van der Waals surface area contributed by atoms with E-state index in [0.717, 1.165) is 0 Å². The summed E-state index contributed by atoms with van der Waals surface area (Å²) in [5, 5.41) is 11.0. The molecular formula is C27H23FN6O3. The number of furan rings is 1. The number of carbonyl (C=O) groups is 2. The van der Waals surface area contributed by atoms with E-state index in [1.54, 1.807) is 55.5 Å².